The smallest absolute Gasteiger partial charge is 0.0826 e. The van der Waals surface area contributed by atoms with E-state index in [4.69, 9.17) is 6.42 Å². The molecule has 0 fully saturated rings. The van der Waals surface area contributed by atoms with Crippen LogP contribution in [-0.2, 0) is 0 Å². The zero-order valence-corrected chi connectivity index (χ0v) is 8.46. The number of aliphatic hydroxyl groups is 1. The van der Waals surface area contributed by atoms with Crippen molar-refractivity contribution in [3.05, 3.63) is 11.8 Å². The van der Waals surface area contributed by atoms with Crippen LogP contribution in [0.2, 0.25) is 19.6 Å². The third-order valence-corrected chi connectivity index (χ3v) is 2.34. The van der Waals surface area contributed by atoms with E-state index in [0.717, 1.165) is 0 Å². The first kappa shape index (κ1) is 10.5. The van der Waals surface area contributed by atoms with Crippen LogP contribution in [0.4, 0.5) is 0 Å². The molecule has 2 heteroatoms. The average molecular weight is 168 g/mol. The van der Waals surface area contributed by atoms with Gasteiger partial charge in [-0.1, -0.05) is 31.4 Å². The van der Waals surface area contributed by atoms with Gasteiger partial charge in [0.1, 0.15) is 0 Å². The standard InChI is InChI=1S/C9H16OSi/c1-5-6-9(10)7-8-11(2,3)4/h1,7-10H,6H2,2-4H3/b8-7+. The zero-order chi connectivity index (χ0) is 8.91. The second-order valence-corrected chi connectivity index (χ2v) is 8.77. The Hall–Kier alpha value is -0.523. The van der Waals surface area contributed by atoms with Gasteiger partial charge in [-0.15, -0.1) is 12.3 Å². The minimum atomic E-state index is -1.16. The number of hydrogen-bond donors (Lipinski definition) is 1. The Kier molecular flexibility index (Phi) is 4.17. The maximum Gasteiger partial charge on any atom is 0.0826 e. The van der Waals surface area contributed by atoms with Crippen molar-refractivity contribution >= 4 is 8.07 Å². The van der Waals surface area contributed by atoms with Crippen LogP contribution in [0.3, 0.4) is 0 Å². The van der Waals surface area contributed by atoms with Gasteiger partial charge in [0.15, 0.2) is 0 Å². The fraction of sp³-hybridized carbons (Fsp3) is 0.556. The van der Waals surface area contributed by atoms with Gasteiger partial charge in [-0.2, -0.15) is 0 Å². The molecule has 0 aliphatic rings. The lowest BCUT2D eigenvalue weighted by molar-refractivity contribution is 0.229. The number of terminal acetylenes is 1. The van der Waals surface area contributed by atoms with Gasteiger partial charge in [0, 0.05) is 6.42 Å². The fourth-order valence-corrected chi connectivity index (χ4v) is 1.39. The maximum atomic E-state index is 9.21. The molecule has 0 aromatic rings. The predicted octanol–water partition coefficient (Wildman–Crippen LogP) is 1.80. The summed E-state index contributed by atoms with van der Waals surface area (Å²) in [7, 11) is -1.16. The Morgan fingerprint density at radius 3 is 2.45 bits per heavy atom. The summed E-state index contributed by atoms with van der Waals surface area (Å²) < 4.78 is 0. The van der Waals surface area contributed by atoms with Crippen LogP contribution in [0.15, 0.2) is 11.8 Å². The zero-order valence-electron chi connectivity index (χ0n) is 7.46. The van der Waals surface area contributed by atoms with E-state index in [1.165, 1.54) is 0 Å². The first-order chi connectivity index (χ1) is 4.95. The monoisotopic (exact) mass is 168 g/mol. The normalized spacial score (nSPS) is 14.8. The lowest BCUT2D eigenvalue weighted by Gasteiger charge is -2.09. The minimum Gasteiger partial charge on any atom is -0.388 e. The van der Waals surface area contributed by atoms with Crippen LogP contribution in [-0.4, -0.2) is 19.3 Å². The number of aliphatic hydroxyl groups excluding tert-OH is 1. The molecule has 0 spiro atoms. The molecule has 11 heavy (non-hydrogen) atoms. The molecule has 1 nitrogen and oxygen atoms in total. The van der Waals surface area contributed by atoms with Crippen molar-refractivity contribution in [3.8, 4) is 12.3 Å². The first-order valence-electron chi connectivity index (χ1n) is 3.76. The summed E-state index contributed by atoms with van der Waals surface area (Å²) in [6, 6.07) is 0. The summed E-state index contributed by atoms with van der Waals surface area (Å²) in [5, 5.41) is 9.21. The van der Waals surface area contributed by atoms with Gasteiger partial charge >= 0.3 is 0 Å². The van der Waals surface area contributed by atoms with Crippen molar-refractivity contribution in [2.24, 2.45) is 0 Å². The van der Waals surface area contributed by atoms with Crippen LogP contribution in [0.25, 0.3) is 0 Å². The lowest BCUT2D eigenvalue weighted by Crippen LogP contribution is -2.17. The van der Waals surface area contributed by atoms with Gasteiger partial charge in [0.2, 0.25) is 0 Å². The molecule has 0 aliphatic heterocycles. The van der Waals surface area contributed by atoms with Crippen molar-refractivity contribution in [2.75, 3.05) is 0 Å². The Bertz CT molecular complexity index is 171. The Morgan fingerprint density at radius 1 is 1.55 bits per heavy atom. The van der Waals surface area contributed by atoms with E-state index in [1.54, 1.807) is 0 Å². The fourth-order valence-electron chi connectivity index (χ4n) is 0.589. The number of hydrogen-bond acceptors (Lipinski definition) is 1. The summed E-state index contributed by atoms with van der Waals surface area (Å²) in [5.41, 5.74) is 2.11. The second kappa shape index (κ2) is 4.37. The van der Waals surface area contributed by atoms with E-state index in [-0.39, 0.29) is 0 Å². The Labute approximate surface area is 70.1 Å². The molecule has 0 aromatic carbocycles. The Morgan fingerprint density at radius 2 is 2.09 bits per heavy atom. The summed E-state index contributed by atoms with van der Waals surface area (Å²) in [6.07, 6.45) is 6.81. The summed E-state index contributed by atoms with van der Waals surface area (Å²) in [6.45, 7) is 6.64. The Balaban J connectivity index is 3.85. The van der Waals surface area contributed by atoms with Crippen molar-refractivity contribution < 1.29 is 5.11 Å². The maximum absolute atomic E-state index is 9.21. The molecule has 0 amide bonds. The molecule has 0 rings (SSSR count). The highest BCUT2D eigenvalue weighted by atomic mass is 28.3. The second-order valence-electron chi connectivity index (χ2n) is 3.70. The van der Waals surface area contributed by atoms with Crippen LogP contribution >= 0.6 is 0 Å². The first-order valence-corrected chi connectivity index (χ1v) is 7.34. The summed E-state index contributed by atoms with van der Waals surface area (Å²) in [5.74, 6) is 2.42. The topological polar surface area (TPSA) is 20.2 Å². The van der Waals surface area contributed by atoms with Gasteiger partial charge in [0.25, 0.3) is 0 Å². The lowest BCUT2D eigenvalue weighted by atomic mass is 10.3. The van der Waals surface area contributed by atoms with E-state index in [9.17, 15) is 5.11 Å². The van der Waals surface area contributed by atoms with E-state index < -0.39 is 14.2 Å². The van der Waals surface area contributed by atoms with E-state index in [1.807, 2.05) is 6.08 Å². The molecular formula is C9H16OSi. The SMILES string of the molecule is C#CCC(O)/C=C/[Si](C)(C)C. The molecule has 1 atom stereocenters. The largest absolute Gasteiger partial charge is 0.388 e. The molecule has 0 bridgehead atoms. The summed E-state index contributed by atoms with van der Waals surface area (Å²) in [4.78, 5) is 0. The van der Waals surface area contributed by atoms with Crippen LogP contribution < -0.4 is 0 Å². The van der Waals surface area contributed by atoms with Crippen molar-refractivity contribution in [1.29, 1.82) is 0 Å². The molecule has 62 valence electrons. The van der Waals surface area contributed by atoms with Gasteiger partial charge in [0.05, 0.1) is 14.2 Å². The highest BCUT2D eigenvalue weighted by Gasteiger charge is 2.07. The van der Waals surface area contributed by atoms with Crippen LogP contribution in [0, 0.1) is 12.3 Å². The molecule has 1 N–H and O–H groups in total. The minimum absolute atomic E-state index is 0.418. The van der Waals surface area contributed by atoms with Gasteiger partial charge in [-0.3, -0.25) is 0 Å². The molecule has 0 saturated carbocycles. The van der Waals surface area contributed by atoms with Gasteiger partial charge < -0.3 is 5.11 Å². The van der Waals surface area contributed by atoms with Gasteiger partial charge in [-0.05, 0) is 0 Å². The van der Waals surface area contributed by atoms with Gasteiger partial charge in [-0.25, -0.2) is 0 Å². The third kappa shape index (κ3) is 7.37. The van der Waals surface area contributed by atoms with Crippen LogP contribution in [0.5, 0.6) is 0 Å². The molecule has 0 saturated heterocycles. The van der Waals surface area contributed by atoms with E-state index in [0.29, 0.717) is 6.42 Å². The van der Waals surface area contributed by atoms with Crippen molar-refractivity contribution in [2.45, 2.75) is 32.2 Å². The predicted molar refractivity (Wildman–Crippen MR) is 51.9 cm³/mol. The average Bonchev–Trinajstić information content (AvgIpc) is 1.83. The third-order valence-electron chi connectivity index (χ3n) is 1.15. The quantitative estimate of drug-likeness (QED) is 0.503. The molecule has 0 heterocycles. The molecule has 0 radical (unpaired) electrons. The van der Waals surface area contributed by atoms with Crippen LogP contribution in [0.1, 0.15) is 6.42 Å². The molecule has 0 aliphatic carbocycles. The highest BCUT2D eigenvalue weighted by molar-refractivity contribution is 6.80. The molecule has 1 unspecified atom stereocenters. The molecular weight excluding hydrogens is 152 g/mol. The van der Waals surface area contributed by atoms with Crippen molar-refractivity contribution in [1.82, 2.24) is 0 Å². The molecule has 0 aromatic heterocycles. The summed E-state index contributed by atoms with van der Waals surface area (Å²) >= 11 is 0. The highest BCUT2D eigenvalue weighted by Crippen LogP contribution is 2.03. The van der Waals surface area contributed by atoms with Crippen molar-refractivity contribution in [3.63, 3.8) is 0 Å². The van der Waals surface area contributed by atoms with E-state index >= 15 is 0 Å². The van der Waals surface area contributed by atoms with E-state index in [2.05, 4.69) is 31.3 Å². The number of rotatable bonds is 3.